The fraction of sp³-hybridized carbons (Fsp3) is 0.421. The molecule has 0 saturated heterocycles. The first-order chi connectivity index (χ1) is 12.8. The highest BCUT2D eigenvalue weighted by Crippen LogP contribution is 2.39. The van der Waals surface area contributed by atoms with Crippen molar-refractivity contribution in [3.05, 3.63) is 41.9 Å². The van der Waals surface area contributed by atoms with Gasteiger partial charge < -0.3 is 14.9 Å². The number of thioether (sulfide) groups is 1. The second-order valence-corrected chi connectivity index (χ2v) is 7.55. The van der Waals surface area contributed by atoms with Crippen molar-refractivity contribution in [2.24, 2.45) is 0 Å². The first-order valence-electron chi connectivity index (χ1n) is 9.14. The summed E-state index contributed by atoms with van der Waals surface area (Å²) in [5, 5.41) is 13.7. The molecule has 2 N–H and O–H groups in total. The lowest BCUT2D eigenvalue weighted by atomic mass is 10.1. The normalized spacial score (nSPS) is 14.0. The van der Waals surface area contributed by atoms with E-state index in [1.807, 2.05) is 18.3 Å². The maximum absolute atomic E-state index is 12.2. The van der Waals surface area contributed by atoms with Crippen LogP contribution < -0.4 is 5.32 Å². The summed E-state index contributed by atoms with van der Waals surface area (Å²) in [6.45, 7) is 3.58. The molecule has 1 saturated carbocycles. The molecule has 0 aliphatic heterocycles. The Morgan fingerprint density at radius 1 is 1.35 bits per heavy atom. The molecule has 1 aliphatic carbocycles. The van der Waals surface area contributed by atoms with Crippen LogP contribution in [0.25, 0.3) is 10.9 Å². The van der Waals surface area contributed by atoms with Crippen LogP contribution in [0.5, 0.6) is 0 Å². The third kappa shape index (κ3) is 3.62. The molecule has 0 atom stereocenters. The van der Waals surface area contributed by atoms with Gasteiger partial charge in [0.05, 0.1) is 5.75 Å². The largest absolute Gasteiger partial charge is 0.361 e. The van der Waals surface area contributed by atoms with E-state index in [0.717, 1.165) is 29.5 Å². The molecule has 0 unspecified atom stereocenters. The Bertz CT molecular complexity index is 912. The van der Waals surface area contributed by atoms with Gasteiger partial charge in [-0.2, -0.15) is 0 Å². The predicted molar refractivity (Wildman–Crippen MR) is 103 cm³/mol. The molecule has 1 fully saturated rings. The van der Waals surface area contributed by atoms with Crippen LogP contribution in [0.15, 0.2) is 35.6 Å². The maximum Gasteiger partial charge on any atom is 0.230 e. The predicted octanol–water partition coefficient (Wildman–Crippen LogP) is 3.11. The second-order valence-electron chi connectivity index (χ2n) is 6.61. The third-order valence-electron chi connectivity index (χ3n) is 4.73. The summed E-state index contributed by atoms with van der Waals surface area (Å²) < 4.78 is 2.14. The van der Waals surface area contributed by atoms with Gasteiger partial charge in [-0.05, 0) is 37.8 Å². The molecule has 3 aromatic rings. The summed E-state index contributed by atoms with van der Waals surface area (Å²) >= 11 is 1.47. The number of para-hydroxylation sites is 1. The summed E-state index contributed by atoms with van der Waals surface area (Å²) in [5.74, 6) is 2.06. The first kappa shape index (κ1) is 17.1. The quantitative estimate of drug-likeness (QED) is 0.598. The van der Waals surface area contributed by atoms with Crippen molar-refractivity contribution in [3.8, 4) is 0 Å². The number of amides is 1. The highest BCUT2D eigenvalue weighted by molar-refractivity contribution is 7.99. The molecule has 136 valence electrons. The van der Waals surface area contributed by atoms with Crippen LogP contribution in [0.2, 0.25) is 0 Å². The van der Waals surface area contributed by atoms with Crippen molar-refractivity contribution in [2.75, 3.05) is 12.3 Å². The molecule has 0 bridgehead atoms. The van der Waals surface area contributed by atoms with Gasteiger partial charge in [-0.25, -0.2) is 0 Å². The average Bonchev–Trinajstić information content (AvgIpc) is 3.30. The SMILES string of the molecule is CCn1c(SCC(=O)NCCc2c[nH]c3ccccc23)nnc1C1CC1. The van der Waals surface area contributed by atoms with Gasteiger partial charge >= 0.3 is 0 Å². The zero-order valence-corrected chi connectivity index (χ0v) is 15.7. The van der Waals surface area contributed by atoms with Crippen molar-refractivity contribution in [2.45, 2.75) is 43.8 Å². The van der Waals surface area contributed by atoms with E-state index in [4.69, 9.17) is 0 Å². The van der Waals surface area contributed by atoms with Crippen molar-refractivity contribution in [3.63, 3.8) is 0 Å². The van der Waals surface area contributed by atoms with Crippen LogP contribution in [0.3, 0.4) is 0 Å². The number of fused-ring (bicyclic) bond motifs is 1. The second kappa shape index (κ2) is 7.53. The van der Waals surface area contributed by atoms with Crippen molar-refractivity contribution < 1.29 is 4.79 Å². The van der Waals surface area contributed by atoms with Crippen LogP contribution in [-0.4, -0.2) is 38.0 Å². The fourth-order valence-electron chi connectivity index (χ4n) is 3.20. The molecular formula is C19H23N5OS. The summed E-state index contributed by atoms with van der Waals surface area (Å²) in [6.07, 6.45) is 5.25. The number of rotatable bonds is 8. The smallest absolute Gasteiger partial charge is 0.230 e. The fourth-order valence-corrected chi connectivity index (χ4v) is 4.04. The summed E-state index contributed by atoms with van der Waals surface area (Å²) in [4.78, 5) is 15.4. The van der Waals surface area contributed by atoms with E-state index >= 15 is 0 Å². The summed E-state index contributed by atoms with van der Waals surface area (Å²) in [5.41, 5.74) is 2.36. The molecular weight excluding hydrogens is 346 g/mol. The van der Waals surface area contributed by atoms with Crippen molar-refractivity contribution in [1.82, 2.24) is 25.1 Å². The number of hydrogen-bond acceptors (Lipinski definition) is 4. The number of hydrogen-bond donors (Lipinski definition) is 2. The van der Waals surface area contributed by atoms with E-state index < -0.39 is 0 Å². The molecule has 2 aromatic heterocycles. The first-order valence-corrected chi connectivity index (χ1v) is 10.1. The molecule has 26 heavy (non-hydrogen) atoms. The lowest BCUT2D eigenvalue weighted by molar-refractivity contribution is -0.118. The van der Waals surface area contributed by atoms with Crippen LogP contribution in [0.4, 0.5) is 0 Å². The van der Waals surface area contributed by atoms with Crippen molar-refractivity contribution >= 4 is 28.6 Å². The Labute approximate surface area is 156 Å². The van der Waals surface area contributed by atoms with Crippen LogP contribution >= 0.6 is 11.8 Å². The summed E-state index contributed by atoms with van der Waals surface area (Å²) in [7, 11) is 0. The minimum absolute atomic E-state index is 0.0356. The number of benzene rings is 1. The standard InChI is InChI=1S/C19H23N5OS/c1-2-24-18(13-7-8-13)22-23-19(24)26-12-17(25)20-10-9-14-11-21-16-6-4-3-5-15(14)16/h3-6,11,13,21H,2,7-10,12H2,1H3,(H,20,25). The molecule has 2 heterocycles. The monoisotopic (exact) mass is 369 g/mol. The minimum atomic E-state index is 0.0356. The Morgan fingerprint density at radius 3 is 3.00 bits per heavy atom. The van der Waals surface area contributed by atoms with E-state index in [9.17, 15) is 4.79 Å². The zero-order chi connectivity index (χ0) is 17.9. The van der Waals surface area contributed by atoms with Crippen LogP contribution in [-0.2, 0) is 17.8 Å². The number of nitrogens with zero attached hydrogens (tertiary/aromatic N) is 3. The van der Waals surface area contributed by atoms with E-state index in [1.165, 1.54) is 35.6 Å². The van der Waals surface area contributed by atoms with Crippen LogP contribution in [0, 0.1) is 0 Å². The van der Waals surface area contributed by atoms with Gasteiger partial charge in [0.25, 0.3) is 0 Å². The molecule has 1 aliphatic rings. The molecule has 0 radical (unpaired) electrons. The number of aromatic amines is 1. The molecule has 0 spiro atoms. The van der Waals surface area contributed by atoms with E-state index in [2.05, 4.69) is 44.1 Å². The van der Waals surface area contributed by atoms with Crippen LogP contribution in [0.1, 0.15) is 37.1 Å². The number of H-pyrrole nitrogens is 1. The zero-order valence-electron chi connectivity index (χ0n) is 14.9. The highest BCUT2D eigenvalue weighted by atomic mass is 32.2. The van der Waals surface area contributed by atoms with Gasteiger partial charge in [-0.15, -0.1) is 10.2 Å². The van der Waals surface area contributed by atoms with Gasteiger partial charge in [0.15, 0.2) is 5.16 Å². The Kier molecular flexibility index (Phi) is 4.97. The average molecular weight is 369 g/mol. The van der Waals surface area contributed by atoms with Gasteiger partial charge in [0, 0.05) is 36.1 Å². The molecule has 1 amide bonds. The van der Waals surface area contributed by atoms with Crippen molar-refractivity contribution in [1.29, 1.82) is 0 Å². The Hall–Kier alpha value is -2.28. The van der Waals surface area contributed by atoms with Gasteiger partial charge in [-0.3, -0.25) is 4.79 Å². The van der Waals surface area contributed by atoms with Gasteiger partial charge in [0.1, 0.15) is 5.82 Å². The van der Waals surface area contributed by atoms with E-state index in [0.29, 0.717) is 18.2 Å². The Balaban J connectivity index is 1.27. The molecule has 1 aromatic carbocycles. The van der Waals surface area contributed by atoms with Gasteiger partial charge in [0.2, 0.25) is 5.91 Å². The number of nitrogens with one attached hydrogen (secondary N) is 2. The number of carbonyl (C=O) groups is 1. The minimum Gasteiger partial charge on any atom is -0.361 e. The molecule has 6 nitrogen and oxygen atoms in total. The van der Waals surface area contributed by atoms with E-state index in [1.54, 1.807) is 0 Å². The molecule has 4 rings (SSSR count). The highest BCUT2D eigenvalue weighted by Gasteiger charge is 2.30. The lowest BCUT2D eigenvalue weighted by Crippen LogP contribution is -2.27. The Morgan fingerprint density at radius 2 is 2.19 bits per heavy atom. The number of carbonyl (C=O) groups excluding carboxylic acids is 1. The number of aromatic nitrogens is 4. The molecule has 7 heteroatoms. The third-order valence-corrected chi connectivity index (χ3v) is 5.69. The summed E-state index contributed by atoms with van der Waals surface area (Å²) in [6, 6.07) is 8.22. The topological polar surface area (TPSA) is 75.6 Å². The lowest BCUT2D eigenvalue weighted by Gasteiger charge is -2.07. The van der Waals surface area contributed by atoms with Gasteiger partial charge in [-0.1, -0.05) is 30.0 Å². The maximum atomic E-state index is 12.2. The van der Waals surface area contributed by atoms with E-state index in [-0.39, 0.29) is 5.91 Å².